The Kier molecular flexibility index (Phi) is 7.20. The van der Waals surface area contributed by atoms with Crippen molar-refractivity contribution >= 4 is 29.3 Å². The molecule has 3 aromatic rings. The Morgan fingerprint density at radius 3 is 2.66 bits per heavy atom. The Bertz CT molecular complexity index is 1340. The quantitative estimate of drug-likeness (QED) is 0.176. The number of aromatic nitrogens is 3. The van der Waals surface area contributed by atoms with Crippen molar-refractivity contribution in [2.75, 3.05) is 17.8 Å². The van der Waals surface area contributed by atoms with Crippen molar-refractivity contribution in [1.82, 2.24) is 10.1 Å². The Balaban J connectivity index is 2.03. The van der Waals surface area contributed by atoms with E-state index in [0.717, 1.165) is 18.6 Å². The molecular formula is C25H27N4O5S+. The van der Waals surface area contributed by atoms with Gasteiger partial charge >= 0.3 is 17.2 Å². The number of rotatable bonds is 7. The smallest absolute Gasteiger partial charge is 0.325 e. The number of benzene rings is 2. The second kappa shape index (κ2) is 10.3. The summed E-state index contributed by atoms with van der Waals surface area (Å²) < 4.78 is 12.5. The highest BCUT2D eigenvalue weighted by Crippen LogP contribution is 2.40. The van der Waals surface area contributed by atoms with E-state index in [1.165, 1.54) is 32.7 Å². The summed E-state index contributed by atoms with van der Waals surface area (Å²) in [5.74, 6) is 0.757. The second-order valence-corrected chi connectivity index (χ2v) is 9.12. The van der Waals surface area contributed by atoms with Gasteiger partial charge in [-0.1, -0.05) is 37.2 Å². The molecule has 35 heavy (non-hydrogen) atoms. The van der Waals surface area contributed by atoms with Crippen LogP contribution in [0.2, 0.25) is 0 Å². The SMILES string of the molecule is CCCCSc1n[n+]2c(c(=O)[nH]1)-c1ccccc1N(C(C)=O)C2c1cc(OC)ccc1OC(C)=O. The predicted octanol–water partition coefficient (Wildman–Crippen LogP) is 3.46. The molecule has 0 spiro atoms. The fraction of sp³-hybridized carbons (Fsp3) is 0.320. The highest BCUT2D eigenvalue weighted by molar-refractivity contribution is 7.99. The average molecular weight is 496 g/mol. The van der Waals surface area contributed by atoms with Crippen molar-refractivity contribution < 1.29 is 23.7 Å². The molecule has 0 bridgehead atoms. The largest absolute Gasteiger partial charge is 0.497 e. The third kappa shape index (κ3) is 4.79. The molecule has 182 valence electrons. The number of para-hydroxylation sites is 1. The molecule has 1 atom stereocenters. The van der Waals surface area contributed by atoms with Crippen molar-refractivity contribution in [3.05, 3.63) is 58.4 Å². The molecular weight excluding hydrogens is 468 g/mol. The molecule has 0 saturated carbocycles. The number of unbranched alkanes of at least 4 members (excludes halogenated alkanes) is 1. The molecule has 0 aliphatic carbocycles. The zero-order valence-corrected chi connectivity index (χ0v) is 20.8. The zero-order valence-electron chi connectivity index (χ0n) is 20.0. The van der Waals surface area contributed by atoms with Gasteiger partial charge in [0.2, 0.25) is 11.1 Å². The van der Waals surface area contributed by atoms with Crippen LogP contribution in [0.4, 0.5) is 5.69 Å². The van der Waals surface area contributed by atoms with Gasteiger partial charge in [0, 0.05) is 24.7 Å². The van der Waals surface area contributed by atoms with Crippen molar-refractivity contribution in [2.24, 2.45) is 0 Å². The second-order valence-electron chi connectivity index (χ2n) is 8.03. The number of fused-ring (bicyclic) bond motifs is 3. The van der Waals surface area contributed by atoms with Crippen LogP contribution in [0.5, 0.6) is 11.5 Å². The van der Waals surface area contributed by atoms with Gasteiger partial charge in [-0.25, -0.2) is 4.90 Å². The maximum Gasteiger partial charge on any atom is 0.325 e. The number of ether oxygens (including phenoxy) is 2. The molecule has 1 N–H and O–H groups in total. The molecule has 1 aromatic heterocycles. The van der Waals surface area contributed by atoms with Gasteiger partial charge in [-0.2, -0.15) is 0 Å². The molecule has 0 fully saturated rings. The van der Waals surface area contributed by atoms with Crippen LogP contribution in [0, 0.1) is 0 Å². The minimum absolute atomic E-state index is 0.245. The van der Waals surface area contributed by atoms with Crippen LogP contribution in [0.25, 0.3) is 11.3 Å². The van der Waals surface area contributed by atoms with Gasteiger partial charge in [-0.05, 0) is 41.4 Å². The predicted molar refractivity (Wildman–Crippen MR) is 132 cm³/mol. The van der Waals surface area contributed by atoms with Crippen LogP contribution in [0.3, 0.4) is 0 Å². The zero-order chi connectivity index (χ0) is 25.1. The maximum atomic E-state index is 13.4. The van der Waals surface area contributed by atoms with Gasteiger partial charge in [0.05, 0.1) is 23.9 Å². The lowest BCUT2D eigenvalue weighted by atomic mass is 10.0. The van der Waals surface area contributed by atoms with Crippen molar-refractivity contribution in [3.63, 3.8) is 0 Å². The Morgan fingerprint density at radius 2 is 1.97 bits per heavy atom. The summed E-state index contributed by atoms with van der Waals surface area (Å²) in [6, 6.07) is 12.1. The molecule has 0 radical (unpaired) electrons. The summed E-state index contributed by atoms with van der Waals surface area (Å²) in [6.07, 6.45) is 1.09. The lowest BCUT2D eigenvalue weighted by molar-refractivity contribution is -0.763. The number of methoxy groups -OCH3 is 1. The third-order valence-electron chi connectivity index (χ3n) is 5.58. The first-order chi connectivity index (χ1) is 16.8. The highest BCUT2D eigenvalue weighted by Gasteiger charge is 2.46. The first-order valence-corrected chi connectivity index (χ1v) is 12.3. The first kappa shape index (κ1) is 24.5. The van der Waals surface area contributed by atoms with E-state index in [-0.39, 0.29) is 17.2 Å². The molecule has 1 unspecified atom stereocenters. The number of nitrogens with one attached hydrogen (secondary N) is 1. The van der Waals surface area contributed by atoms with E-state index in [1.54, 1.807) is 52.0 Å². The molecule has 0 saturated heterocycles. The number of amides is 1. The van der Waals surface area contributed by atoms with Crippen LogP contribution < -0.4 is 24.6 Å². The van der Waals surface area contributed by atoms with Gasteiger partial charge in [0.25, 0.3) is 6.17 Å². The number of carbonyl (C=O) groups is 2. The lowest BCUT2D eigenvalue weighted by Gasteiger charge is -2.32. The van der Waals surface area contributed by atoms with E-state index in [0.29, 0.717) is 33.4 Å². The van der Waals surface area contributed by atoms with Crippen LogP contribution in [-0.4, -0.2) is 34.8 Å². The normalized spacial score (nSPS) is 14.2. The Labute approximate surface area is 207 Å². The summed E-state index contributed by atoms with van der Waals surface area (Å²) >= 11 is 1.44. The summed E-state index contributed by atoms with van der Waals surface area (Å²) in [5.41, 5.74) is 1.57. The average Bonchev–Trinajstić information content (AvgIpc) is 2.83. The van der Waals surface area contributed by atoms with E-state index >= 15 is 0 Å². The Hall–Kier alpha value is -3.66. The number of H-pyrrole nitrogens is 1. The molecule has 9 nitrogen and oxygen atoms in total. The monoisotopic (exact) mass is 495 g/mol. The van der Waals surface area contributed by atoms with E-state index in [9.17, 15) is 14.4 Å². The van der Waals surface area contributed by atoms with E-state index in [2.05, 4.69) is 11.9 Å². The lowest BCUT2D eigenvalue weighted by Crippen LogP contribution is -2.60. The van der Waals surface area contributed by atoms with Crippen molar-refractivity contribution in [3.8, 4) is 22.8 Å². The minimum atomic E-state index is -0.894. The molecule has 10 heteroatoms. The molecule has 1 amide bonds. The molecule has 2 aromatic carbocycles. The molecule has 4 rings (SSSR count). The standard InChI is InChI=1S/C25H26N4O5S/c1-5-6-13-35-25-26-23(32)22-18-9-7-8-10-20(18)28(15(2)30)24(29(22)27-25)19-14-17(33-4)11-12-21(19)34-16(3)31/h7-12,14,24H,5-6,13H2,1-4H3/p+1. The highest BCUT2D eigenvalue weighted by atomic mass is 32.2. The number of anilines is 1. The fourth-order valence-electron chi connectivity index (χ4n) is 4.07. The number of nitrogens with zero attached hydrogens (tertiary/aromatic N) is 3. The first-order valence-electron chi connectivity index (χ1n) is 11.3. The van der Waals surface area contributed by atoms with Gasteiger partial charge in [-0.3, -0.25) is 19.4 Å². The fourth-order valence-corrected chi connectivity index (χ4v) is 5.01. The Morgan fingerprint density at radius 1 is 1.20 bits per heavy atom. The molecule has 2 heterocycles. The summed E-state index contributed by atoms with van der Waals surface area (Å²) in [5, 5.41) is 5.20. The van der Waals surface area contributed by atoms with Gasteiger partial charge < -0.3 is 9.47 Å². The van der Waals surface area contributed by atoms with E-state index in [4.69, 9.17) is 14.6 Å². The summed E-state index contributed by atoms with van der Waals surface area (Å²) in [4.78, 5) is 42.8. The van der Waals surface area contributed by atoms with Gasteiger partial charge in [0.1, 0.15) is 11.5 Å². The molecule has 1 aliphatic rings. The van der Waals surface area contributed by atoms with Crippen molar-refractivity contribution in [2.45, 2.75) is 44.9 Å². The van der Waals surface area contributed by atoms with Crippen LogP contribution in [0.15, 0.2) is 52.4 Å². The molecule has 1 aliphatic heterocycles. The number of esters is 1. The number of hydrogen-bond acceptors (Lipinski definition) is 7. The van der Waals surface area contributed by atoms with Crippen LogP contribution >= 0.6 is 11.8 Å². The van der Waals surface area contributed by atoms with Gasteiger partial charge in [0.15, 0.2) is 0 Å². The maximum absolute atomic E-state index is 13.4. The van der Waals surface area contributed by atoms with E-state index < -0.39 is 12.1 Å². The number of aromatic amines is 1. The van der Waals surface area contributed by atoms with E-state index in [1.807, 2.05) is 0 Å². The van der Waals surface area contributed by atoms with Crippen molar-refractivity contribution in [1.29, 1.82) is 0 Å². The van der Waals surface area contributed by atoms with Gasteiger partial charge in [-0.15, -0.1) is 0 Å². The minimum Gasteiger partial charge on any atom is -0.497 e. The number of thioether (sulfide) groups is 1. The number of hydrogen-bond donors (Lipinski definition) is 1. The summed E-state index contributed by atoms with van der Waals surface area (Å²) in [6.45, 7) is 4.85. The summed E-state index contributed by atoms with van der Waals surface area (Å²) in [7, 11) is 1.52. The van der Waals surface area contributed by atoms with Crippen LogP contribution in [0.1, 0.15) is 45.3 Å². The number of carbonyl (C=O) groups excluding carboxylic acids is 2. The van der Waals surface area contributed by atoms with Crippen LogP contribution in [-0.2, 0) is 9.59 Å². The third-order valence-corrected chi connectivity index (χ3v) is 6.53. The topological polar surface area (TPSA) is 105 Å².